The third-order valence-electron chi connectivity index (χ3n) is 4.82. The lowest BCUT2D eigenvalue weighted by Gasteiger charge is -2.31. The molecule has 0 saturated carbocycles. The van der Waals surface area contributed by atoms with Crippen LogP contribution in [0.3, 0.4) is 0 Å². The summed E-state index contributed by atoms with van der Waals surface area (Å²) in [4.78, 5) is 19.5. The monoisotopic (exact) mass is 366 g/mol. The normalized spacial score (nSPS) is 17.6. The highest BCUT2D eigenvalue weighted by molar-refractivity contribution is 7.98. The molecule has 2 aromatic carbocycles. The number of hydrogen-bond donors (Lipinski definition) is 0. The number of benzene rings is 2. The van der Waals surface area contributed by atoms with Crippen molar-refractivity contribution in [1.82, 2.24) is 9.88 Å². The first-order valence-electron chi connectivity index (χ1n) is 9.06. The number of carbonyl (C=O) groups excluding carboxylic acids is 1. The molecule has 134 valence electrons. The van der Waals surface area contributed by atoms with Crippen LogP contribution in [0.4, 0.5) is 0 Å². The van der Waals surface area contributed by atoms with Gasteiger partial charge in [0.2, 0.25) is 0 Å². The van der Waals surface area contributed by atoms with Crippen molar-refractivity contribution in [2.75, 3.05) is 13.1 Å². The maximum atomic E-state index is 13.0. The predicted molar refractivity (Wildman–Crippen MR) is 104 cm³/mol. The van der Waals surface area contributed by atoms with Gasteiger partial charge in [0, 0.05) is 24.4 Å². The first-order chi connectivity index (χ1) is 12.7. The molecule has 1 fully saturated rings. The van der Waals surface area contributed by atoms with Gasteiger partial charge >= 0.3 is 0 Å². The highest BCUT2D eigenvalue weighted by atomic mass is 32.2. The zero-order valence-corrected chi connectivity index (χ0v) is 15.7. The second kappa shape index (κ2) is 7.54. The number of hydrogen-bond acceptors (Lipinski definition) is 4. The van der Waals surface area contributed by atoms with Crippen LogP contribution in [0.5, 0.6) is 0 Å². The van der Waals surface area contributed by atoms with Crippen LogP contribution in [-0.4, -0.2) is 28.9 Å². The highest BCUT2D eigenvalue weighted by Crippen LogP contribution is 2.28. The Morgan fingerprint density at radius 2 is 2.04 bits per heavy atom. The number of thioether (sulfide) groups is 1. The van der Waals surface area contributed by atoms with E-state index in [4.69, 9.17) is 4.42 Å². The molecule has 2 heterocycles. The quantitative estimate of drug-likeness (QED) is 0.610. The lowest BCUT2D eigenvalue weighted by atomic mass is 9.99. The van der Waals surface area contributed by atoms with Gasteiger partial charge in [-0.25, -0.2) is 4.98 Å². The average Bonchev–Trinajstić information content (AvgIpc) is 3.09. The van der Waals surface area contributed by atoms with E-state index in [0.29, 0.717) is 16.9 Å². The molecule has 0 aliphatic carbocycles. The first-order valence-corrected chi connectivity index (χ1v) is 10.0. The molecule has 1 aliphatic heterocycles. The lowest BCUT2D eigenvalue weighted by Crippen LogP contribution is -2.39. The largest absolute Gasteiger partial charge is 0.431 e. The van der Waals surface area contributed by atoms with Crippen LogP contribution in [0.1, 0.15) is 35.7 Å². The summed E-state index contributed by atoms with van der Waals surface area (Å²) in [6.07, 6.45) is 2.30. The van der Waals surface area contributed by atoms with Gasteiger partial charge in [0.05, 0.1) is 0 Å². The fourth-order valence-electron chi connectivity index (χ4n) is 3.45. The molecular formula is C21H22N2O2S. The van der Waals surface area contributed by atoms with Crippen molar-refractivity contribution in [2.45, 2.75) is 30.7 Å². The number of amides is 1. The molecule has 0 bridgehead atoms. The number of likely N-dealkylation sites (tertiary alicyclic amines) is 1. The lowest BCUT2D eigenvalue weighted by molar-refractivity contribution is 0.0682. The molecule has 4 rings (SSSR count). The van der Waals surface area contributed by atoms with Gasteiger partial charge in [0.1, 0.15) is 5.52 Å². The number of para-hydroxylation sites is 2. The van der Waals surface area contributed by atoms with Crippen molar-refractivity contribution >= 4 is 28.8 Å². The first kappa shape index (κ1) is 17.2. The van der Waals surface area contributed by atoms with Crippen molar-refractivity contribution < 1.29 is 9.21 Å². The van der Waals surface area contributed by atoms with Crippen LogP contribution >= 0.6 is 11.8 Å². The second-order valence-electron chi connectivity index (χ2n) is 6.89. The van der Waals surface area contributed by atoms with Crippen molar-refractivity contribution in [3.8, 4) is 0 Å². The summed E-state index contributed by atoms with van der Waals surface area (Å²) >= 11 is 1.53. The maximum Gasteiger partial charge on any atom is 0.257 e. The number of oxazole rings is 1. The Labute approximate surface area is 157 Å². The molecule has 1 amide bonds. The van der Waals surface area contributed by atoms with E-state index in [1.165, 1.54) is 18.2 Å². The van der Waals surface area contributed by atoms with E-state index in [2.05, 4.69) is 11.9 Å². The van der Waals surface area contributed by atoms with Crippen molar-refractivity contribution in [3.63, 3.8) is 0 Å². The van der Waals surface area contributed by atoms with Crippen LogP contribution in [0.25, 0.3) is 11.1 Å². The molecule has 0 N–H and O–H groups in total. The number of aromatic nitrogens is 1. The van der Waals surface area contributed by atoms with Crippen molar-refractivity contribution in [2.24, 2.45) is 5.92 Å². The summed E-state index contributed by atoms with van der Waals surface area (Å²) < 4.78 is 5.78. The molecule has 3 aromatic rings. The van der Waals surface area contributed by atoms with E-state index in [1.807, 2.05) is 53.4 Å². The van der Waals surface area contributed by atoms with Crippen LogP contribution in [0, 0.1) is 5.92 Å². The summed E-state index contributed by atoms with van der Waals surface area (Å²) in [5, 5.41) is 0.639. The number of fused-ring (bicyclic) bond motifs is 1. The number of carbonyl (C=O) groups is 1. The van der Waals surface area contributed by atoms with Gasteiger partial charge in [-0.2, -0.15) is 0 Å². The Kier molecular flexibility index (Phi) is 4.98. The average molecular weight is 366 g/mol. The van der Waals surface area contributed by atoms with E-state index in [-0.39, 0.29) is 5.91 Å². The van der Waals surface area contributed by atoms with Crippen LogP contribution in [0.2, 0.25) is 0 Å². The molecule has 1 saturated heterocycles. The van der Waals surface area contributed by atoms with Crippen LogP contribution < -0.4 is 0 Å². The van der Waals surface area contributed by atoms with Crippen molar-refractivity contribution in [1.29, 1.82) is 0 Å². The Bertz CT molecular complexity index is 888. The summed E-state index contributed by atoms with van der Waals surface area (Å²) in [6.45, 7) is 3.93. The van der Waals surface area contributed by atoms with Gasteiger partial charge in [-0.3, -0.25) is 4.79 Å². The van der Waals surface area contributed by atoms with Crippen LogP contribution in [0.15, 0.2) is 58.2 Å². The molecular weight excluding hydrogens is 344 g/mol. The second-order valence-corrected chi connectivity index (χ2v) is 7.82. The van der Waals surface area contributed by atoms with Gasteiger partial charge in [-0.1, -0.05) is 49.0 Å². The molecule has 4 nitrogen and oxygen atoms in total. The third kappa shape index (κ3) is 3.63. The minimum atomic E-state index is 0.144. The van der Waals surface area contributed by atoms with Gasteiger partial charge in [-0.15, -0.1) is 0 Å². The van der Waals surface area contributed by atoms with Crippen LogP contribution in [-0.2, 0) is 5.75 Å². The standard InChI is InChI=1S/C21H22N2O2S/c1-15-7-6-12-23(13-15)20(24)17-9-3-2-8-16(17)14-26-21-22-18-10-4-5-11-19(18)25-21/h2-5,8-11,15H,6-7,12-14H2,1H3/t15-/m1/s1. The minimum Gasteiger partial charge on any atom is -0.431 e. The molecule has 1 aliphatic rings. The van der Waals surface area contributed by atoms with Gasteiger partial charge in [0.25, 0.3) is 11.1 Å². The van der Waals surface area contributed by atoms with Crippen molar-refractivity contribution in [3.05, 3.63) is 59.7 Å². The topological polar surface area (TPSA) is 46.3 Å². The Morgan fingerprint density at radius 1 is 1.23 bits per heavy atom. The van der Waals surface area contributed by atoms with Gasteiger partial charge < -0.3 is 9.32 Å². The molecule has 0 radical (unpaired) electrons. The predicted octanol–water partition coefficient (Wildman–Crippen LogP) is 4.99. The Balaban J connectivity index is 1.51. The fraction of sp³-hybridized carbons (Fsp3) is 0.333. The number of piperidine rings is 1. The van der Waals surface area contributed by atoms with E-state index in [9.17, 15) is 4.79 Å². The molecule has 0 unspecified atom stereocenters. The number of rotatable bonds is 4. The Hall–Kier alpha value is -2.27. The molecule has 26 heavy (non-hydrogen) atoms. The summed E-state index contributed by atoms with van der Waals surface area (Å²) in [5.41, 5.74) is 3.48. The highest BCUT2D eigenvalue weighted by Gasteiger charge is 2.23. The third-order valence-corrected chi connectivity index (χ3v) is 5.69. The maximum absolute atomic E-state index is 13.0. The number of nitrogens with zero attached hydrogens (tertiary/aromatic N) is 2. The SMILES string of the molecule is C[C@@H]1CCCN(C(=O)c2ccccc2CSc2nc3ccccc3o2)C1. The van der Waals surface area contributed by atoms with Gasteiger partial charge in [0.15, 0.2) is 5.58 Å². The zero-order chi connectivity index (χ0) is 17.9. The minimum absolute atomic E-state index is 0.144. The summed E-state index contributed by atoms with van der Waals surface area (Å²) in [5.74, 6) is 1.39. The summed E-state index contributed by atoms with van der Waals surface area (Å²) in [7, 11) is 0. The summed E-state index contributed by atoms with van der Waals surface area (Å²) in [6, 6.07) is 15.6. The Morgan fingerprint density at radius 3 is 2.88 bits per heavy atom. The van der Waals surface area contributed by atoms with E-state index in [0.717, 1.165) is 41.7 Å². The molecule has 5 heteroatoms. The molecule has 1 aromatic heterocycles. The molecule has 0 spiro atoms. The van der Waals surface area contributed by atoms with Gasteiger partial charge in [-0.05, 0) is 42.5 Å². The fourth-order valence-corrected chi connectivity index (χ4v) is 4.29. The van der Waals surface area contributed by atoms with E-state index < -0.39 is 0 Å². The zero-order valence-electron chi connectivity index (χ0n) is 14.9. The molecule has 1 atom stereocenters. The van der Waals surface area contributed by atoms with E-state index in [1.54, 1.807) is 0 Å². The smallest absolute Gasteiger partial charge is 0.257 e. The van der Waals surface area contributed by atoms with E-state index >= 15 is 0 Å².